The molecule has 1 aliphatic rings. The van der Waals surface area contributed by atoms with Gasteiger partial charge >= 0.3 is 0 Å². The van der Waals surface area contributed by atoms with Gasteiger partial charge in [-0.2, -0.15) is 5.26 Å². The minimum Gasteiger partial charge on any atom is -0.494 e. The Kier molecular flexibility index (Phi) is 3.98. The first-order chi connectivity index (χ1) is 12.6. The zero-order chi connectivity index (χ0) is 18.3. The standard InChI is InChI=1S/C19H15F2N3O2/c20-15-8-12(24-3-5-26-6-4-24)9-16(21)18(15)11-1-2-17-13(7-11)14(10-22)19(25)23-17/h1-2,7-9,23,25H,3-6H2. The van der Waals surface area contributed by atoms with E-state index in [1.165, 1.54) is 18.2 Å². The van der Waals surface area contributed by atoms with Gasteiger partial charge in [-0.25, -0.2) is 8.78 Å². The number of anilines is 1. The Labute approximate surface area is 148 Å². The van der Waals surface area contributed by atoms with Crippen LogP contribution in [0, 0.1) is 23.0 Å². The van der Waals surface area contributed by atoms with Gasteiger partial charge in [0.2, 0.25) is 5.88 Å². The molecule has 1 saturated heterocycles. The van der Waals surface area contributed by atoms with Crippen molar-refractivity contribution >= 4 is 16.6 Å². The average Bonchev–Trinajstić information content (AvgIpc) is 2.96. The Morgan fingerprint density at radius 3 is 2.46 bits per heavy atom. The van der Waals surface area contributed by atoms with Gasteiger partial charge < -0.3 is 19.7 Å². The number of fused-ring (bicyclic) bond motifs is 1. The molecule has 0 atom stereocenters. The number of ether oxygens (including phenoxy) is 1. The molecule has 0 aliphatic carbocycles. The van der Waals surface area contributed by atoms with Crippen LogP contribution in [0.1, 0.15) is 5.56 Å². The monoisotopic (exact) mass is 355 g/mol. The molecule has 132 valence electrons. The van der Waals surface area contributed by atoms with Crippen LogP contribution in [0.4, 0.5) is 14.5 Å². The number of aromatic hydroxyl groups is 1. The highest BCUT2D eigenvalue weighted by molar-refractivity contribution is 5.92. The number of hydrogen-bond acceptors (Lipinski definition) is 4. The summed E-state index contributed by atoms with van der Waals surface area (Å²) in [5, 5.41) is 19.3. The van der Waals surface area contributed by atoms with Crippen molar-refractivity contribution in [3.8, 4) is 23.1 Å². The van der Waals surface area contributed by atoms with E-state index in [-0.39, 0.29) is 17.0 Å². The lowest BCUT2D eigenvalue weighted by Gasteiger charge is -2.29. The SMILES string of the molecule is N#Cc1c(O)[nH]c2ccc(-c3c(F)cc(N4CCOCC4)cc3F)cc12. The van der Waals surface area contributed by atoms with E-state index in [0.29, 0.717) is 48.5 Å². The minimum atomic E-state index is -0.677. The number of aromatic nitrogens is 1. The van der Waals surface area contributed by atoms with Gasteiger partial charge in [0, 0.05) is 29.7 Å². The zero-order valence-electron chi connectivity index (χ0n) is 13.7. The normalized spacial score (nSPS) is 14.6. The third-order valence-electron chi connectivity index (χ3n) is 4.58. The summed E-state index contributed by atoms with van der Waals surface area (Å²) in [7, 11) is 0. The molecule has 2 N–H and O–H groups in total. The molecule has 0 unspecified atom stereocenters. The molecule has 1 aliphatic heterocycles. The van der Waals surface area contributed by atoms with Crippen molar-refractivity contribution in [1.82, 2.24) is 4.98 Å². The van der Waals surface area contributed by atoms with Crippen LogP contribution in [0.25, 0.3) is 22.0 Å². The van der Waals surface area contributed by atoms with Crippen LogP contribution < -0.4 is 4.90 Å². The van der Waals surface area contributed by atoms with Crippen LogP contribution in [0.15, 0.2) is 30.3 Å². The van der Waals surface area contributed by atoms with Crippen molar-refractivity contribution in [2.24, 2.45) is 0 Å². The maximum Gasteiger partial charge on any atom is 0.207 e. The third kappa shape index (κ3) is 2.65. The molecule has 5 nitrogen and oxygen atoms in total. The fourth-order valence-corrected chi connectivity index (χ4v) is 3.29. The van der Waals surface area contributed by atoms with Crippen molar-refractivity contribution < 1.29 is 18.6 Å². The highest BCUT2D eigenvalue weighted by Crippen LogP contribution is 2.34. The molecular weight excluding hydrogens is 340 g/mol. The predicted octanol–water partition coefficient (Wildman–Crippen LogP) is 3.53. The summed E-state index contributed by atoms with van der Waals surface area (Å²) in [6.45, 7) is 2.21. The molecule has 2 heterocycles. The predicted molar refractivity (Wildman–Crippen MR) is 93.1 cm³/mol. The van der Waals surface area contributed by atoms with Crippen LogP contribution in [0.2, 0.25) is 0 Å². The topological polar surface area (TPSA) is 72.3 Å². The summed E-state index contributed by atoms with van der Waals surface area (Å²) in [4.78, 5) is 4.54. The van der Waals surface area contributed by atoms with E-state index in [2.05, 4.69) is 4.98 Å². The number of aromatic amines is 1. The third-order valence-corrected chi connectivity index (χ3v) is 4.58. The van der Waals surface area contributed by atoms with Crippen LogP contribution in [0.3, 0.4) is 0 Å². The van der Waals surface area contributed by atoms with E-state index >= 15 is 0 Å². The second-order valence-corrected chi connectivity index (χ2v) is 6.10. The van der Waals surface area contributed by atoms with Gasteiger partial charge in [0.1, 0.15) is 23.3 Å². The van der Waals surface area contributed by atoms with Crippen LogP contribution in [-0.2, 0) is 4.74 Å². The molecule has 0 spiro atoms. The van der Waals surface area contributed by atoms with Crippen molar-refractivity contribution in [2.75, 3.05) is 31.2 Å². The van der Waals surface area contributed by atoms with Crippen LogP contribution in [-0.4, -0.2) is 36.4 Å². The summed E-state index contributed by atoms with van der Waals surface area (Å²) in [5.41, 5.74) is 1.19. The lowest BCUT2D eigenvalue weighted by molar-refractivity contribution is 0.122. The number of benzene rings is 2. The van der Waals surface area contributed by atoms with Gasteiger partial charge in [-0.3, -0.25) is 0 Å². The molecule has 26 heavy (non-hydrogen) atoms. The Bertz CT molecular complexity index is 1010. The fourth-order valence-electron chi connectivity index (χ4n) is 3.29. The molecule has 1 aromatic heterocycles. The summed E-state index contributed by atoms with van der Waals surface area (Å²) < 4.78 is 34.7. The van der Waals surface area contributed by atoms with Gasteiger partial charge in [0.05, 0.1) is 18.8 Å². The maximum atomic E-state index is 14.7. The van der Waals surface area contributed by atoms with Gasteiger partial charge in [-0.05, 0) is 29.8 Å². The Morgan fingerprint density at radius 2 is 1.81 bits per heavy atom. The molecule has 4 rings (SSSR count). The number of halogens is 2. The highest BCUT2D eigenvalue weighted by atomic mass is 19.1. The van der Waals surface area contributed by atoms with Crippen molar-refractivity contribution in [1.29, 1.82) is 5.26 Å². The lowest BCUT2D eigenvalue weighted by Crippen LogP contribution is -2.36. The second kappa shape index (κ2) is 6.32. The molecular formula is C19H15F2N3O2. The van der Waals surface area contributed by atoms with Gasteiger partial charge in [0.25, 0.3) is 0 Å². The molecule has 1 fully saturated rings. The van der Waals surface area contributed by atoms with E-state index in [4.69, 9.17) is 10.00 Å². The first-order valence-corrected chi connectivity index (χ1v) is 8.15. The van der Waals surface area contributed by atoms with E-state index in [9.17, 15) is 13.9 Å². The van der Waals surface area contributed by atoms with Crippen molar-refractivity contribution in [3.05, 3.63) is 47.5 Å². The number of H-pyrrole nitrogens is 1. The maximum absolute atomic E-state index is 14.7. The van der Waals surface area contributed by atoms with E-state index in [0.717, 1.165) is 0 Å². The molecule has 0 bridgehead atoms. The number of hydrogen-bond donors (Lipinski definition) is 2. The van der Waals surface area contributed by atoms with Crippen LogP contribution in [0.5, 0.6) is 5.88 Å². The average molecular weight is 355 g/mol. The van der Waals surface area contributed by atoms with Gasteiger partial charge in [-0.15, -0.1) is 0 Å². The second-order valence-electron chi connectivity index (χ2n) is 6.10. The highest BCUT2D eigenvalue weighted by Gasteiger charge is 2.19. The first kappa shape index (κ1) is 16.4. The van der Waals surface area contributed by atoms with E-state index < -0.39 is 11.6 Å². The largest absolute Gasteiger partial charge is 0.494 e. The van der Waals surface area contributed by atoms with Crippen molar-refractivity contribution in [3.63, 3.8) is 0 Å². The van der Waals surface area contributed by atoms with Gasteiger partial charge in [-0.1, -0.05) is 6.07 Å². The quantitative estimate of drug-likeness (QED) is 0.738. The smallest absolute Gasteiger partial charge is 0.207 e. The van der Waals surface area contributed by atoms with Crippen molar-refractivity contribution in [2.45, 2.75) is 0 Å². The van der Waals surface area contributed by atoms with Crippen LogP contribution >= 0.6 is 0 Å². The molecule has 2 aromatic carbocycles. The summed E-state index contributed by atoms with van der Waals surface area (Å²) in [5.74, 6) is -1.61. The Hall–Kier alpha value is -3.11. The number of morpholine rings is 1. The Morgan fingerprint density at radius 1 is 1.12 bits per heavy atom. The fraction of sp³-hybridized carbons (Fsp3) is 0.211. The van der Waals surface area contributed by atoms with E-state index in [1.807, 2.05) is 11.0 Å². The Balaban J connectivity index is 1.80. The summed E-state index contributed by atoms with van der Waals surface area (Å²) in [6, 6.07) is 9.15. The number of nitriles is 1. The summed E-state index contributed by atoms with van der Waals surface area (Å²) >= 11 is 0. The molecule has 7 heteroatoms. The molecule has 0 radical (unpaired) electrons. The lowest BCUT2D eigenvalue weighted by atomic mass is 10.0. The number of rotatable bonds is 2. The first-order valence-electron chi connectivity index (χ1n) is 8.15. The minimum absolute atomic E-state index is 0.0487. The number of nitrogens with one attached hydrogen (secondary N) is 1. The molecule has 0 saturated carbocycles. The van der Waals surface area contributed by atoms with E-state index in [1.54, 1.807) is 12.1 Å². The summed E-state index contributed by atoms with van der Waals surface area (Å²) in [6.07, 6.45) is 0. The zero-order valence-corrected chi connectivity index (χ0v) is 13.7. The van der Waals surface area contributed by atoms with Gasteiger partial charge in [0.15, 0.2) is 0 Å². The molecule has 3 aromatic rings. The number of nitrogens with zero attached hydrogens (tertiary/aromatic N) is 2. The molecule has 0 amide bonds.